The highest BCUT2D eigenvalue weighted by Crippen LogP contribution is 2.38. The van der Waals surface area contributed by atoms with Gasteiger partial charge in [0.25, 0.3) is 0 Å². The van der Waals surface area contributed by atoms with E-state index >= 15 is 0 Å². The number of amides is 4. The summed E-state index contributed by atoms with van der Waals surface area (Å²) < 4.78 is 39.6. The number of benzene rings is 2. The van der Waals surface area contributed by atoms with Crippen LogP contribution in [-0.2, 0) is 14.1 Å². The fourth-order valence-corrected chi connectivity index (χ4v) is 6.04. The van der Waals surface area contributed by atoms with Crippen molar-refractivity contribution in [2.75, 3.05) is 39.3 Å². The summed E-state index contributed by atoms with van der Waals surface area (Å²) >= 11 is 0. The van der Waals surface area contributed by atoms with Gasteiger partial charge in [0.1, 0.15) is 11.6 Å². The molecule has 3 saturated heterocycles. The number of urea groups is 2. The average Bonchev–Trinajstić information content (AvgIpc) is 3.26. The van der Waals surface area contributed by atoms with E-state index in [2.05, 4.69) is 19.2 Å². The highest BCUT2D eigenvalue weighted by Gasteiger charge is 2.54. The molecule has 5 rings (SSSR count). The van der Waals surface area contributed by atoms with Gasteiger partial charge in [-0.1, -0.05) is 38.1 Å². The topological polar surface area (TPSA) is 91.4 Å². The number of halogens is 2. The molecule has 256 valence electrons. The van der Waals surface area contributed by atoms with Crippen LogP contribution in [0.3, 0.4) is 0 Å². The Kier molecular flexibility index (Phi) is 10.5. The first kappa shape index (κ1) is 35.3. The van der Waals surface area contributed by atoms with Crippen LogP contribution in [-0.4, -0.2) is 96.1 Å². The van der Waals surface area contributed by atoms with Crippen molar-refractivity contribution in [3.8, 4) is 0 Å². The number of hydrogen-bond acceptors (Lipinski definition) is 5. The van der Waals surface area contributed by atoms with Crippen molar-refractivity contribution in [2.24, 2.45) is 5.92 Å². The number of carbonyl (C=O) groups excluding carboxylic acids is 3. The third-order valence-electron chi connectivity index (χ3n) is 9.47. The molecule has 2 aromatic carbocycles. The summed E-state index contributed by atoms with van der Waals surface area (Å²) in [5.41, 5.74) is 0.977. The Morgan fingerprint density at radius 3 is 1.67 bits per heavy atom. The molecule has 0 aliphatic carbocycles. The lowest BCUT2D eigenvalue weighted by Gasteiger charge is -2.39. The second kappa shape index (κ2) is 14.2. The van der Waals surface area contributed by atoms with Crippen LogP contribution in [0.15, 0.2) is 59.7 Å². The lowest BCUT2D eigenvalue weighted by Crippen LogP contribution is -2.59. The number of nitrogens with zero attached hydrogens (tertiary/aromatic N) is 3. The summed E-state index contributed by atoms with van der Waals surface area (Å²) in [5.74, 6) is -1.06. The second-order valence-corrected chi connectivity index (χ2v) is 14.2. The fourth-order valence-electron chi connectivity index (χ4n) is 6.04. The van der Waals surface area contributed by atoms with Crippen LogP contribution in [0.2, 0.25) is 0 Å². The van der Waals surface area contributed by atoms with E-state index in [0.29, 0.717) is 60.8 Å². The van der Waals surface area contributed by atoms with Gasteiger partial charge in [0.2, 0.25) is 0 Å². The Hall–Kier alpha value is -4.03. The Balaban J connectivity index is 1.27. The summed E-state index contributed by atoms with van der Waals surface area (Å²) in [6, 6.07) is 11.0. The van der Waals surface area contributed by atoms with E-state index in [0.717, 1.165) is 0 Å². The van der Waals surface area contributed by atoms with Gasteiger partial charge in [-0.2, -0.15) is 0 Å². The SMILES string of the molecule is CC(C)C[C@H](NC(=O)N1CCN(C(=O)N2C/C(=C\c3ccc(F)cc3)C(=O)/C(=C/c3ccc(F)cc3)C2)CC1)B1OC(C)(C)C(C)(C)O1. The van der Waals surface area contributed by atoms with Gasteiger partial charge in [-0.15, -0.1) is 0 Å². The third kappa shape index (κ3) is 8.15. The van der Waals surface area contributed by atoms with Crippen molar-refractivity contribution in [3.05, 3.63) is 82.4 Å². The number of rotatable bonds is 6. The quantitative estimate of drug-likeness (QED) is 0.312. The minimum atomic E-state index is -0.583. The van der Waals surface area contributed by atoms with E-state index in [-0.39, 0.29) is 36.9 Å². The highest BCUT2D eigenvalue weighted by atomic mass is 19.1. The van der Waals surface area contributed by atoms with Crippen molar-refractivity contribution < 1.29 is 32.5 Å². The number of likely N-dealkylation sites (tertiary alicyclic amines) is 1. The summed E-state index contributed by atoms with van der Waals surface area (Å²) in [7, 11) is -0.583. The fraction of sp³-hybridized carbons (Fsp3) is 0.472. The van der Waals surface area contributed by atoms with E-state index in [9.17, 15) is 23.2 Å². The molecule has 1 N–H and O–H groups in total. The summed E-state index contributed by atoms with van der Waals surface area (Å²) in [5, 5.41) is 3.14. The minimum Gasteiger partial charge on any atom is -0.402 e. The number of carbonyl (C=O) groups is 3. The van der Waals surface area contributed by atoms with Crippen LogP contribution in [0.25, 0.3) is 12.2 Å². The van der Waals surface area contributed by atoms with Crippen LogP contribution >= 0.6 is 0 Å². The first-order chi connectivity index (χ1) is 22.6. The number of Topliss-reactive ketones (excluding diaryl/α,β-unsaturated/α-hetero) is 1. The average molecular weight is 663 g/mol. The number of nitrogens with one attached hydrogen (secondary N) is 1. The van der Waals surface area contributed by atoms with Crippen molar-refractivity contribution in [2.45, 2.75) is 65.1 Å². The maximum atomic E-state index is 13.9. The molecule has 48 heavy (non-hydrogen) atoms. The molecule has 3 aliphatic rings. The molecule has 9 nitrogen and oxygen atoms in total. The summed E-state index contributed by atoms with van der Waals surface area (Å²) in [4.78, 5) is 45.8. The van der Waals surface area contributed by atoms with Gasteiger partial charge in [0.05, 0.1) is 30.2 Å². The first-order valence-electron chi connectivity index (χ1n) is 16.5. The van der Waals surface area contributed by atoms with Crippen molar-refractivity contribution in [3.63, 3.8) is 0 Å². The smallest absolute Gasteiger partial charge is 0.402 e. The molecule has 0 saturated carbocycles. The summed E-state index contributed by atoms with van der Waals surface area (Å²) in [6.45, 7) is 13.6. The van der Waals surface area contributed by atoms with Crippen molar-refractivity contribution >= 4 is 37.1 Å². The van der Waals surface area contributed by atoms with Gasteiger partial charge >= 0.3 is 19.2 Å². The number of ketones is 1. The van der Waals surface area contributed by atoms with E-state index in [4.69, 9.17) is 9.31 Å². The predicted octanol–water partition coefficient (Wildman–Crippen LogP) is 5.81. The van der Waals surface area contributed by atoms with Crippen molar-refractivity contribution in [1.29, 1.82) is 0 Å². The minimum absolute atomic E-state index is 0.0709. The van der Waals surface area contributed by atoms with Gasteiger partial charge in [-0.25, -0.2) is 18.4 Å². The van der Waals surface area contributed by atoms with Crippen LogP contribution in [0.4, 0.5) is 18.4 Å². The van der Waals surface area contributed by atoms with Gasteiger partial charge in [0, 0.05) is 37.3 Å². The zero-order valence-corrected chi connectivity index (χ0v) is 28.6. The highest BCUT2D eigenvalue weighted by molar-refractivity contribution is 6.48. The number of piperazine rings is 1. The van der Waals surface area contributed by atoms with Crippen LogP contribution < -0.4 is 5.32 Å². The lowest BCUT2D eigenvalue weighted by atomic mass is 9.74. The number of piperidine rings is 1. The molecule has 0 spiro atoms. The van der Waals surface area contributed by atoms with E-state index in [1.807, 2.05) is 27.7 Å². The molecule has 2 aromatic rings. The Morgan fingerprint density at radius 1 is 0.792 bits per heavy atom. The maximum Gasteiger partial charge on any atom is 0.481 e. The normalized spacial score (nSPS) is 21.7. The van der Waals surface area contributed by atoms with Crippen molar-refractivity contribution in [1.82, 2.24) is 20.0 Å². The summed E-state index contributed by atoms with van der Waals surface area (Å²) in [6.07, 6.45) is 4.00. The monoisotopic (exact) mass is 662 g/mol. The molecule has 3 heterocycles. The van der Waals surface area contributed by atoms with Crippen LogP contribution in [0, 0.1) is 17.6 Å². The van der Waals surface area contributed by atoms with Gasteiger partial charge < -0.3 is 29.3 Å². The number of hydrogen-bond donors (Lipinski definition) is 1. The first-order valence-corrected chi connectivity index (χ1v) is 16.5. The Bertz CT molecular complexity index is 1480. The molecule has 3 fully saturated rings. The van der Waals surface area contributed by atoms with Crippen LogP contribution in [0.1, 0.15) is 59.1 Å². The molecule has 0 bridgehead atoms. The van der Waals surface area contributed by atoms with E-state index in [1.54, 1.807) is 51.1 Å². The predicted molar refractivity (Wildman–Crippen MR) is 182 cm³/mol. The molecule has 12 heteroatoms. The third-order valence-corrected chi connectivity index (χ3v) is 9.47. The van der Waals surface area contributed by atoms with Gasteiger partial charge in [-0.05, 0) is 87.6 Å². The molecule has 0 radical (unpaired) electrons. The van der Waals surface area contributed by atoms with E-state index < -0.39 is 30.0 Å². The Morgan fingerprint density at radius 2 is 1.23 bits per heavy atom. The molecule has 0 unspecified atom stereocenters. The molecular formula is C36H45BF2N4O5. The molecule has 3 aliphatic heterocycles. The zero-order valence-electron chi connectivity index (χ0n) is 28.6. The molecular weight excluding hydrogens is 617 g/mol. The maximum absolute atomic E-state index is 13.9. The Labute approximate surface area is 282 Å². The zero-order chi connectivity index (χ0) is 34.8. The van der Waals surface area contributed by atoms with Gasteiger partial charge in [0.15, 0.2) is 5.78 Å². The molecule has 4 amide bonds. The van der Waals surface area contributed by atoms with Crippen LogP contribution in [0.5, 0.6) is 0 Å². The molecule has 0 aromatic heterocycles. The largest absolute Gasteiger partial charge is 0.481 e. The second-order valence-electron chi connectivity index (χ2n) is 14.2. The van der Waals surface area contributed by atoms with E-state index in [1.165, 1.54) is 24.3 Å². The lowest BCUT2D eigenvalue weighted by molar-refractivity contribution is -0.113. The standard InChI is InChI=1S/C36H45BF2N4O5/c1-24(2)19-31(37-47-35(3,4)36(5,6)48-37)40-33(45)41-15-17-42(18-16-41)34(46)43-22-27(20-25-7-11-29(38)12-8-25)32(44)28(23-43)21-26-9-13-30(39)14-10-26/h7-14,20-21,24,31H,15-19,22-23H2,1-6H3,(H,40,45)/b27-20+,28-21+/t31-/m0/s1. The molecule has 1 atom stereocenters. The van der Waals surface area contributed by atoms with Gasteiger partial charge in [-0.3, -0.25) is 4.79 Å².